The van der Waals surface area contributed by atoms with E-state index in [1.165, 1.54) is 57.2 Å². The summed E-state index contributed by atoms with van der Waals surface area (Å²) >= 11 is 0. The summed E-state index contributed by atoms with van der Waals surface area (Å²) in [6.07, 6.45) is 14.2. The molecule has 0 fully saturated rings. The van der Waals surface area contributed by atoms with Gasteiger partial charge >= 0.3 is 0 Å². The number of nitrogens with zero attached hydrogens (tertiary/aromatic N) is 2. The van der Waals surface area contributed by atoms with Crippen molar-refractivity contribution < 1.29 is 0 Å². The smallest absolute Gasteiger partial charge is 0.249 e. The van der Waals surface area contributed by atoms with Gasteiger partial charge in [-0.15, -0.1) is 0 Å². The van der Waals surface area contributed by atoms with Gasteiger partial charge in [-0.1, -0.05) is 43.9 Å². The molecule has 2 aromatic heterocycles. The number of rotatable bonds is 10. The number of pyridine rings is 2. The Labute approximate surface area is 174 Å². The van der Waals surface area contributed by atoms with Gasteiger partial charge in [-0.25, -0.2) is 4.98 Å². The number of nitrogens with one attached hydrogen (secondary N) is 1. The number of fused-ring (bicyclic) bond motifs is 1. The van der Waals surface area contributed by atoms with Crippen molar-refractivity contribution in [2.24, 2.45) is 0 Å². The third-order valence-electron chi connectivity index (χ3n) is 5.84. The van der Waals surface area contributed by atoms with Gasteiger partial charge in [-0.3, -0.25) is 9.69 Å². The molecule has 3 rings (SSSR count). The number of hydrogen-bond donors (Lipinski definition) is 1. The first-order valence-corrected chi connectivity index (χ1v) is 11.2. The normalized spacial score (nSPS) is 15.7. The average molecular weight is 394 g/mol. The second kappa shape index (κ2) is 11.1. The van der Waals surface area contributed by atoms with Crippen LogP contribution in [0.4, 0.5) is 0 Å². The van der Waals surface area contributed by atoms with Crippen molar-refractivity contribution in [1.82, 2.24) is 14.9 Å². The highest BCUT2D eigenvalue weighted by Gasteiger charge is 2.14. The minimum absolute atomic E-state index is 0.0902. The first-order valence-electron chi connectivity index (χ1n) is 11.2. The van der Waals surface area contributed by atoms with E-state index in [4.69, 9.17) is 0 Å². The van der Waals surface area contributed by atoms with Gasteiger partial charge < -0.3 is 4.98 Å². The molecule has 29 heavy (non-hydrogen) atoms. The largest absolute Gasteiger partial charge is 0.307 e. The Balaban J connectivity index is 1.39. The van der Waals surface area contributed by atoms with E-state index in [9.17, 15) is 4.79 Å². The second-order valence-corrected chi connectivity index (χ2v) is 8.25. The average Bonchev–Trinajstić information content (AvgIpc) is 2.72. The Morgan fingerprint density at radius 3 is 2.86 bits per heavy atom. The Morgan fingerprint density at radius 2 is 2.00 bits per heavy atom. The molecule has 4 nitrogen and oxygen atoms in total. The van der Waals surface area contributed by atoms with Crippen LogP contribution < -0.4 is 5.56 Å². The molecule has 156 valence electrons. The van der Waals surface area contributed by atoms with Crippen molar-refractivity contribution in [2.75, 3.05) is 19.6 Å². The molecule has 2 aromatic rings. The van der Waals surface area contributed by atoms with Gasteiger partial charge in [0.2, 0.25) is 5.56 Å². The van der Waals surface area contributed by atoms with Crippen LogP contribution in [-0.2, 0) is 6.42 Å². The fourth-order valence-electron chi connectivity index (χ4n) is 3.90. The number of aromatic amines is 1. The van der Waals surface area contributed by atoms with Gasteiger partial charge in [-0.2, -0.15) is 0 Å². The van der Waals surface area contributed by atoms with Crippen molar-refractivity contribution in [2.45, 2.75) is 65.2 Å². The van der Waals surface area contributed by atoms with Crippen LogP contribution in [-0.4, -0.2) is 34.5 Å². The van der Waals surface area contributed by atoms with Crippen LogP contribution in [0.3, 0.4) is 0 Å². The summed E-state index contributed by atoms with van der Waals surface area (Å²) in [5, 5.41) is 0.987. The zero-order chi connectivity index (χ0) is 20.5. The molecule has 1 N–H and O–H groups in total. The predicted octanol–water partition coefficient (Wildman–Crippen LogP) is 5.40. The fourth-order valence-corrected chi connectivity index (χ4v) is 3.90. The van der Waals surface area contributed by atoms with Crippen LogP contribution in [0.1, 0.15) is 64.5 Å². The van der Waals surface area contributed by atoms with E-state index in [1.54, 1.807) is 11.6 Å². The summed E-state index contributed by atoms with van der Waals surface area (Å²) in [5.41, 5.74) is 4.77. The van der Waals surface area contributed by atoms with Crippen LogP contribution in [0.5, 0.6) is 0 Å². The fraction of sp³-hybridized carbons (Fsp3) is 0.520. The van der Waals surface area contributed by atoms with Crippen molar-refractivity contribution in [3.05, 3.63) is 63.6 Å². The van der Waals surface area contributed by atoms with Gasteiger partial charge in [0, 0.05) is 30.2 Å². The summed E-state index contributed by atoms with van der Waals surface area (Å²) < 4.78 is 0. The minimum Gasteiger partial charge on any atom is -0.307 e. The molecule has 0 unspecified atom stereocenters. The maximum Gasteiger partial charge on any atom is 0.249 e. The van der Waals surface area contributed by atoms with Crippen LogP contribution in [0.25, 0.3) is 11.0 Å². The zero-order valence-corrected chi connectivity index (χ0v) is 18.0. The first-order chi connectivity index (χ1) is 14.2. The lowest BCUT2D eigenvalue weighted by Gasteiger charge is -2.28. The highest BCUT2D eigenvalue weighted by Crippen LogP contribution is 2.20. The van der Waals surface area contributed by atoms with Crippen LogP contribution in [0.15, 0.2) is 52.4 Å². The lowest BCUT2D eigenvalue weighted by atomic mass is 10.00. The van der Waals surface area contributed by atoms with E-state index in [2.05, 4.69) is 46.9 Å². The highest BCUT2D eigenvalue weighted by molar-refractivity contribution is 5.74. The van der Waals surface area contributed by atoms with Crippen molar-refractivity contribution in [3.63, 3.8) is 0 Å². The molecular formula is C25H35N3O. The number of allylic oxidation sites excluding steroid dienone is 1. The molecule has 0 aromatic carbocycles. The number of hydrogen-bond acceptors (Lipinski definition) is 3. The Hall–Kier alpha value is -2.20. The summed E-state index contributed by atoms with van der Waals surface area (Å²) in [4.78, 5) is 21.5. The van der Waals surface area contributed by atoms with E-state index >= 15 is 0 Å². The van der Waals surface area contributed by atoms with E-state index in [1.807, 2.05) is 12.1 Å². The number of aryl methyl sites for hydroxylation is 1. The van der Waals surface area contributed by atoms with Crippen LogP contribution in [0, 0.1) is 0 Å². The first kappa shape index (κ1) is 21.5. The lowest BCUT2D eigenvalue weighted by molar-refractivity contribution is 0.281. The van der Waals surface area contributed by atoms with E-state index in [0.717, 1.165) is 30.5 Å². The van der Waals surface area contributed by atoms with Gasteiger partial charge in [0.05, 0.1) is 0 Å². The third-order valence-corrected chi connectivity index (χ3v) is 5.84. The molecule has 0 bridgehead atoms. The standard InChI is InChI=1S/C25H35N3O/c1-3-4-5-7-10-22-19-28(18-16-20(22)2)17-9-6-8-11-23-14-12-21-13-15-24(29)27-25(21)26-23/h7,10,12-15H,3-6,8-9,11,16-19H2,1-2H3,(H,26,27,29)/b10-7-. The van der Waals surface area contributed by atoms with Crippen molar-refractivity contribution >= 4 is 11.0 Å². The summed E-state index contributed by atoms with van der Waals surface area (Å²) in [6, 6.07) is 7.50. The van der Waals surface area contributed by atoms with Gasteiger partial charge in [0.25, 0.3) is 0 Å². The molecule has 0 atom stereocenters. The van der Waals surface area contributed by atoms with Gasteiger partial charge in [0.15, 0.2) is 0 Å². The topological polar surface area (TPSA) is 49.0 Å². The highest BCUT2D eigenvalue weighted by atomic mass is 16.1. The van der Waals surface area contributed by atoms with Crippen molar-refractivity contribution in [1.29, 1.82) is 0 Å². The van der Waals surface area contributed by atoms with Gasteiger partial charge in [0.1, 0.15) is 5.65 Å². The molecule has 0 saturated carbocycles. The summed E-state index contributed by atoms with van der Waals surface area (Å²) in [7, 11) is 0. The monoisotopic (exact) mass is 393 g/mol. The molecule has 4 heteroatoms. The van der Waals surface area contributed by atoms with Crippen LogP contribution >= 0.6 is 0 Å². The lowest BCUT2D eigenvalue weighted by Crippen LogP contribution is -2.31. The van der Waals surface area contributed by atoms with Gasteiger partial charge in [-0.05, 0) is 69.3 Å². The summed E-state index contributed by atoms with van der Waals surface area (Å²) in [6.45, 7) is 8.02. The second-order valence-electron chi connectivity index (χ2n) is 8.25. The summed E-state index contributed by atoms with van der Waals surface area (Å²) in [5.74, 6) is 0. The zero-order valence-electron chi connectivity index (χ0n) is 18.0. The number of unbranched alkanes of at least 4 members (excludes halogenated alkanes) is 4. The number of H-pyrrole nitrogens is 1. The molecule has 0 spiro atoms. The maximum absolute atomic E-state index is 11.5. The van der Waals surface area contributed by atoms with E-state index in [0.29, 0.717) is 5.65 Å². The predicted molar refractivity (Wildman–Crippen MR) is 122 cm³/mol. The Bertz CT molecular complexity index is 910. The van der Waals surface area contributed by atoms with E-state index in [-0.39, 0.29) is 5.56 Å². The molecule has 0 aliphatic carbocycles. The Kier molecular flexibility index (Phi) is 8.24. The number of aromatic nitrogens is 2. The molecule has 1 aliphatic heterocycles. The van der Waals surface area contributed by atoms with Crippen LogP contribution in [0.2, 0.25) is 0 Å². The van der Waals surface area contributed by atoms with E-state index < -0.39 is 0 Å². The molecule has 3 heterocycles. The maximum atomic E-state index is 11.5. The molecule has 1 aliphatic rings. The quantitative estimate of drug-likeness (QED) is 0.550. The van der Waals surface area contributed by atoms with Crippen molar-refractivity contribution in [3.8, 4) is 0 Å². The molecule has 0 amide bonds. The molecule has 0 radical (unpaired) electrons. The minimum atomic E-state index is -0.0902. The molecular weight excluding hydrogens is 358 g/mol. The SMILES string of the molecule is CCCC/C=C\C1=C(C)CCN(CCCCCc2ccc3ccc(=O)[nH]c3n2)C1. The molecule has 0 saturated heterocycles. The Morgan fingerprint density at radius 1 is 1.14 bits per heavy atom. The third kappa shape index (κ3) is 6.67.